The lowest BCUT2D eigenvalue weighted by molar-refractivity contribution is 0.269. The molecule has 1 heterocycles. The Hall–Kier alpha value is -1.51. The van der Waals surface area contributed by atoms with E-state index in [1.54, 1.807) is 0 Å². The van der Waals surface area contributed by atoms with Crippen LogP contribution in [0.4, 0.5) is 5.69 Å². The van der Waals surface area contributed by atoms with Crippen molar-refractivity contribution in [3.8, 4) is 0 Å². The summed E-state index contributed by atoms with van der Waals surface area (Å²) < 4.78 is 0. The number of anilines is 1. The van der Waals surface area contributed by atoms with Gasteiger partial charge in [0.2, 0.25) is 0 Å². The molecule has 1 atom stereocenters. The second kappa shape index (κ2) is 6.50. The highest BCUT2D eigenvalue weighted by atomic mass is 35.5. The zero-order valence-electron chi connectivity index (χ0n) is 12.4. The molecule has 1 fully saturated rings. The third-order valence-electron chi connectivity index (χ3n) is 4.21. The lowest BCUT2D eigenvalue weighted by Gasteiger charge is -2.42. The number of alkyl halides is 1. The van der Waals surface area contributed by atoms with Crippen molar-refractivity contribution in [2.45, 2.75) is 11.9 Å². The molecule has 1 aliphatic heterocycles. The van der Waals surface area contributed by atoms with Gasteiger partial charge < -0.3 is 9.80 Å². The average molecular weight is 301 g/mol. The molecule has 0 bridgehead atoms. The first-order valence-electron chi connectivity index (χ1n) is 7.43. The summed E-state index contributed by atoms with van der Waals surface area (Å²) in [5.41, 5.74) is 3.85. The van der Waals surface area contributed by atoms with Gasteiger partial charge >= 0.3 is 0 Å². The van der Waals surface area contributed by atoms with Crippen LogP contribution in [0.15, 0.2) is 54.6 Å². The molecule has 21 heavy (non-hydrogen) atoms. The summed E-state index contributed by atoms with van der Waals surface area (Å²) in [7, 11) is 2.20. The van der Waals surface area contributed by atoms with E-state index >= 15 is 0 Å². The Morgan fingerprint density at radius 3 is 2.48 bits per heavy atom. The molecule has 0 amide bonds. The van der Waals surface area contributed by atoms with Crippen LogP contribution in [0.5, 0.6) is 0 Å². The van der Waals surface area contributed by atoms with Gasteiger partial charge in [-0.3, -0.25) is 0 Å². The monoisotopic (exact) mass is 300 g/mol. The standard InChI is InChI=1S/C18H21ClN2/c1-20-11-12-21(17-10-6-5-9-16(17)13-19)18(14-20)15-7-3-2-4-8-15/h2-10,18H,11-14H2,1H3. The first kappa shape index (κ1) is 14.4. The maximum absolute atomic E-state index is 6.14. The maximum atomic E-state index is 6.14. The van der Waals surface area contributed by atoms with E-state index in [4.69, 9.17) is 11.6 Å². The van der Waals surface area contributed by atoms with Crippen LogP contribution < -0.4 is 4.90 Å². The molecule has 3 rings (SSSR count). The van der Waals surface area contributed by atoms with Gasteiger partial charge in [0.25, 0.3) is 0 Å². The van der Waals surface area contributed by atoms with E-state index in [1.807, 2.05) is 0 Å². The van der Waals surface area contributed by atoms with Crippen LogP contribution in [0.2, 0.25) is 0 Å². The van der Waals surface area contributed by atoms with Crippen LogP contribution in [0.25, 0.3) is 0 Å². The Morgan fingerprint density at radius 2 is 1.71 bits per heavy atom. The highest BCUT2D eigenvalue weighted by Crippen LogP contribution is 2.33. The van der Waals surface area contributed by atoms with Crippen LogP contribution in [-0.2, 0) is 5.88 Å². The predicted molar refractivity (Wildman–Crippen MR) is 90.0 cm³/mol. The highest BCUT2D eigenvalue weighted by Gasteiger charge is 2.27. The van der Waals surface area contributed by atoms with Gasteiger partial charge in [0.15, 0.2) is 0 Å². The Kier molecular flexibility index (Phi) is 4.47. The fourth-order valence-corrected chi connectivity index (χ4v) is 3.30. The zero-order chi connectivity index (χ0) is 14.7. The quantitative estimate of drug-likeness (QED) is 0.793. The van der Waals surface area contributed by atoms with Gasteiger partial charge in [0, 0.05) is 31.2 Å². The number of hydrogen-bond acceptors (Lipinski definition) is 2. The first-order valence-corrected chi connectivity index (χ1v) is 7.97. The summed E-state index contributed by atoms with van der Waals surface area (Å²) in [4.78, 5) is 4.91. The Labute approximate surface area is 131 Å². The molecular formula is C18H21ClN2. The molecule has 2 nitrogen and oxygen atoms in total. The molecule has 0 radical (unpaired) electrons. The van der Waals surface area contributed by atoms with Gasteiger partial charge in [-0.05, 0) is 24.2 Å². The molecule has 0 spiro atoms. The molecule has 0 N–H and O–H groups in total. The van der Waals surface area contributed by atoms with Crippen molar-refractivity contribution < 1.29 is 0 Å². The summed E-state index contributed by atoms with van der Waals surface area (Å²) in [5.74, 6) is 0.560. The second-order valence-electron chi connectivity index (χ2n) is 5.64. The molecule has 1 aliphatic rings. The summed E-state index contributed by atoms with van der Waals surface area (Å²) >= 11 is 6.14. The number of rotatable bonds is 3. The van der Waals surface area contributed by atoms with Crippen LogP contribution in [0, 0.1) is 0 Å². The van der Waals surface area contributed by atoms with E-state index in [1.165, 1.54) is 16.8 Å². The van der Waals surface area contributed by atoms with Crippen LogP contribution in [-0.4, -0.2) is 31.6 Å². The van der Waals surface area contributed by atoms with Crippen LogP contribution in [0.3, 0.4) is 0 Å². The van der Waals surface area contributed by atoms with Crippen molar-refractivity contribution in [1.29, 1.82) is 0 Å². The smallest absolute Gasteiger partial charge is 0.0670 e. The van der Waals surface area contributed by atoms with Crippen molar-refractivity contribution in [3.63, 3.8) is 0 Å². The number of halogens is 1. The number of likely N-dealkylation sites (N-methyl/N-ethyl adjacent to an activating group) is 1. The van der Waals surface area contributed by atoms with E-state index < -0.39 is 0 Å². The average Bonchev–Trinajstić information content (AvgIpc) is 2.55. The molecular weight excluding hydrogens is 280 g/mol. The van der Waals surface area contributed by atoms with Crippen molar-refractivity contribution in [2.75, 3.05) is 31.6 Å². The van der Waals surface area contributed by atoms with Crippen molar-refractivity contribution >= 4 is 17.3 Å². The molecule has 3 heteroatoms. The lowest BCUT2D eigenvalue weighted by atomic mass is 10.0. The second-order valence-corrected chi connectivity index (χ2v) is 5.91. The molecule has 110 valence electrons. The molecule has 0 aliphatic carbocycles. The highest BCUT2D eigenvalue weighted by molar-refractivity contribution is 6.17. The van der Waals surface area contributed by atoms with Gasteiger partial charge in [-0.2, -0.15) is 0 Å². The van der Waals surface area contributed by atoms with Gasteiger partial charge in [-0.15, -0.1) is 11.6 Å². The number of piperazine rings is 1. The molecule has 1 saturated heterocycles. The van der Waals surface area contributed by atoms with Crippen molar-refractivity contribution in [3.05, 3.63) is 65.7 Å². The first-order chi connectivity index (χ1) is 10.3. The summed E-state index contributed by atoms with van der Waals surface area (Å²) in [6.07, 6.45) is 0. The normalized spacial score (nSPS) is 19.7. The Bertz CT molecular complexity index is 585. The topological polar surface area (TPSA) is 6.48 Å². The van der Waals surface area contributed by atoms with E-state index in [0.717, 1.165) is 19.6 Å². The Morgan fingerprint density at radius 1 is 1.00 bits per heavy atom. The van der Waals surface area contributed by atoms with Crippen LogP contribution >= 0.6 is 11.6 Å². The fraction of sp³-hybridized carbons (Fsp3) is 0.333. The number of benzene rings is 2. The molecule has 2 aromatic carbocycles. The maximum Gasteiger partial charge on any atom is 0.0670 e. The summed E-state index contributed by atoms with van der Waals surface area (Å²) in [6.45, 7) is 3.16. The van der Waals surface area contributed by atoms with E-state index in [-0.39, 0.29) is 0 Å². The largest absolute Gasteiger partial charge is 0.362 e. The molecule has 0 aromatic heterocycles. The minimum Gasteiger partial charge on any atom is -0.362 e. The summed E-state index contributed by atoms with van der Waals surface area (Å²) in [6, 6.07) is 19.6. The number of hydrogen-bond donors (Lipinski definition) is 0. The Balaban J connectivity index is 1.98. The van der Waals surface area contributed by atoms with E-state index in [0.29, 0.717) is 11.9 Å². The van der Waals surface area contributed by atoms with Gasteiger partial charge in [0.1, 0.15) is 0 Å². The van der Waals surface area contributed by atoms with Crippen molar-refractivity contribution in [1.82, 2.24) is 4.90 Å². The van der Waals surface area contributed by atoms with E-state index in [2.05, 4.69) is 71.4 Å². The third-order valence-corrected chi connectivity index (χ3v) is 4.50. The van der Waals surface area contributed by atoms with Crippen molar-refractivity contribution in [2.24, 2.45) is 0 Å². The predicted octanol–water partition coefficient (Wildman–Crippen LogP) is 3.92. The summed E-state index contributed by atoms with van der Waals surface area (Å²) in [5, 5.41) is 0. The fourth-order valence-electron chi connectivity index (χ4n) is 3.07. The number of nitrogens with zero attached hydrogens (tertiary/aromatic N) is 2. The minimum absolute atomic E-state index is 0.384. The molecule has 1 unspecified atom stereocenters. The zero-order valence-corrected chi connectivity index (χ0v) is 13.1. The van der Waals surface area contributed by atoms with Gasteiger partial charge in [-0.25, -0.2) is 0 Å². The lowest BCUT2D eigenvalue weighted by Crippen LogP contribution is -2.47. The minimum atomic E-state index is 0.384. The number of para-hydroxylation sites is 1. The van der Waals surface area contributed by atoms with Gasteiger partial charge in [-0.1, -0.05) is 48.5 Å². The molecule has 2 aromatic rings. The van der Waals surface area contributed by atoms with Crippen LogP contribution in [0.1, 0.15) is 17.2 Å². The van der Waals surface area contributed by atoms with E-state index in [9.17, 15) is 0 Å². The molecule has 0 saturated carbocycles. The SMILES string of the molecule is CN1CCN(c2ccccc2CCl)C(c2ccccc2)C1. The third kappa shape index (κ3) is 3.07. The van der Waals surface area contributed by atoms with Gasteiger partial charge in [0.05, 0.1) is 6.04 Å².